The molecule has 308 valence electrons. The first-order chi connectivity index (χ1) is 26.0. The summed E-state index contributed by atoms with van der Waals surface area (Å²) in [6, 6.07) is 11.3. The minimum Gasteiger partial charge on any atom is -1.00 e. The highest BCUT2D eigenvalue weighted by Crippen LogP contribution is 2.32. The predicted octanol–water partition coefficient (Wildman–Crippen LogP) is 9.11. The van der Waals surface area contributed by atoms with Gasteiger partial charge in [0.15, 0.2) is 24.3 Å². The van der Waals surface area contributed by atoms with Crippen molar-refractivity contribution in [2.45, 2.75) is 195 Å². The molecule has 0 aliphatic carbocycles. The first-order valence-corrected chi connectivity index (χ1v) is 21.8. The fourth-order valence-electron chi connectivity index (χ4n) is 6.78. The molecule has 0 radical (unpaired) electrons. The summed E-state index contributed by atoms with van der Waals surface area (Å²) in [6.45, 7) is 9.98. The smallest absolute Gasteiger partial charge is 0.267 e. The Balaban J connectivity index is 0.0000146. The van der Waals surface area contributed by atoms with Crippen LogP contribution in [0.25, 0.3) is 0 Å². The van der Waals surface area contributed by atoms with Crippen molar-refractivity contribution in [1.29, 1.82) is 0 Å². The van der Waals surface area contributed by atoms with Gasteiger partial charge in [-0.1, -0.05) is 161 Å². The summed E-state index contributed by atoms with van der Waals surface area (Å²) >= 11 is 0. The number of hydrogen-bond donors (Lipinski definition) is 0. The van der Waals surface area contributed by atoms with E-state index >= 15 is 0 Å². The van der Waals surface area contributed by atoms with Crippen LogP contribution in [0.5, 0.6) is 17.2 Å². The van der Waals surface area contributed by atoms with Gasteiger partial charge < -0.3 is 38.2 Å². The highest BCUT2D eigenvalue weighted by atomic mass is 127. The van der Waals surface area contributed by atoms with E-state index in [9.17, 15) is 9.59 Å². The molecule has 0 unspecified atom stereocenters. The topological polar surface area (TPSA) is 69.0 Å². The van der Waals surface area contributed by atoms with Crippen molar-refractivity contribution < 1.29 is 52.3 Å². The van der Waals surface area contributed by atoms with Gasteiger partial charge in [-0.25, -0.2) is 4.57 Å². The van der Waals surface area contributed by atoms with Gasteiger partial charge in [0, 0.05) is 25.1 Å². The van der Waals surface area contributed by atoms with Crippen molar-refractivity contribution >= 4 is 11.8 Å². The number of amides is 2. The fraction of sp³-hybridized carbons (Fsp3) is 0.717. The van der Waals surface area contributed by atoms with Crippen LogP contribution >= 0.6 is 0 Å². The molecule has 0 atom stereocenters. The molecule has 2 rings (SSSR count). The first-order valence-electron chi connectivity index (χ1n) is 21.8. The van der Waals surface area contributed by atoms with Gasteiger partial charge in [-0.3, -0.25) is 14.5 Å². The van der Waals surface area contributed by atoms with Crippen LogP contribution in [0.2, 0.25) is 0 Å². The van der Waals surface area contributed by atoms with Gasteiger partial charge in [0.2, 0.25) is 11.6 Å². The molecule has 1 heterocycles. The van der Waals surface area contributed by atoms with Crippen LogP contribution in [-0.2, 0) is 22.7 Å². The average Bonchev–Trinajstić information content (AvgIpc) is 3.17. The summed E-state index contributed by atoms with van der Waals surface area (Å²) in [7, 11) is 0. The maximum atomic E-state index is 13.2. The number of aryl methyl sites for hydroxylation is 1. The SMILES string of the molecule is CCCCCCCCCCCCCCOc1ccc(OCC(=O)N(Cc2cccc[n+]2CC)C(C)=O)cc1OCCCCCCCCCCCCCC.[I-]. The third kappa shape index (κ3) is 23.5. The average molecular weight is 865 g/mol. The summed E-state index contributed by atoms with van der Waals surface area (Å²) in [5.41, 5.74) is 0.890. The van der Waals surface area contributed by atoms with Gasteiger partial charge in [-0.05, 0) is 31.9 Å². The molecule has 0 N–H and O–H groups in total. The minimum absolute atomic E-state index is 0. The second kappa shape index (κ2) is 33.9. The van der Waals surface area contributed by atoms with Crippen molar-refractivity contribution in [3.05, 3.63) is 48.3 Å². The van der Waals surface area contributed by atoms with Gasteiger partial charge in [-0.15, -0.1) is 0 Å². The normalized spacial score (nSPS) is 10.9. The van der Waals surface area contributed by atoms with E-state index in [1.807, 2.05) is 54.1 Å². The molecule has 0 aliphatic rings. The quantitative estimate of drug-likeness (QED) is 0.0399. The molecule has 0 spiro atoms. The van der Waals surface area contributed by atoms with Crippen LogP contribution in [0.3, 0.4) is 0 Å². The van der Waals surface area contributed by atoms with Crippen LogP contribution in [-0.4, -0.2) is 36.5 Å². The van der Waals surface area contributed by atoms with E-state index in [1.165, 1.54) is 147 Å². The lowest BCUT2D eigenvalue weighted by Gasteiger charge is -2.19. The van der Waals surface area contributed by atoms with Crippen LogP contribution in [0.15, 0.2) is 42.6 Å². The Morgan fingerprint density at radius 3 is 1.50 bits per heavy atom. The number of rotatable bonds is 34. The van der Waals surface area contributed by atoms with Crippen molar-refractivity contribution in [2.75, 3.05) is 19.8 Å². The molecule has 0 saturated heterocycles. The number of ether oxygens (including phenoxy) is 3. The van der Waals surface area contributed by atoms with Gasteiger partial charge in [0.1, 0.15) is 18.8 Å². The number of pyridine rings is 1. The van der Waals surface area contributed by atoms with Crippen molar-refractivity contribution in [3.63, 3.8) is 0 Å². The molecule has 0 saturated carbocycles. The summed E-state index contributed by atoms with van der Waals surface area (Å²) in [6.07, 6.45) is 33.2. The number of hydrogen-bond acceptors (Lipinski definition) is 5. The molecule has 7 nitrogen and oxygen atoms in total. The first kappa shape index (κ1) is 49.7. The van der Waals surface area contributed by atoms with Gasteiger partial charge in [-0.2, -0.15) is 0 Å². The zero-order valence-corrected chi connectivity index (χ0v) is 37.0. The number of aromatic nitrogens is 1. The van der Waals surface area contributed by atoms with Gasteiger partial charge in [0.05, 0.1) is 13.2 Å². The zero-order valence-electron chi connectivity index (χ0n) is 34.9. The second-order valence-electron chi connectivity index (χ2n) is 14.8. The molecule has 8 heteroatoms. The van der Waals surface area contributed by atoms with Crippen LogP contribution in [0.4, 0.5) is 0 Å². The Kier molecular flexibility index (Phi) is 31.2. The number of carbonyl (C=O) groups is 2. The molecular formula is C46H77IN2O5. The van der Waals surface area contributed by atoms with E-state index in [-0.39, 0.29) is 48.9 Å². The van der Waals surface area contributed by atoms with Gasteiger partial charge >= 0.3 is 0 Å². The monoisotopic (exact) mass is 864 g/mol. The number of imide groups is 1. The van der Waals surface area contributed by atoms with Crippen LogP contribution in [0, 0.1) is 0 Å². The Labute approximate surface area is 347 Å². The highest BCUT2D eigenvalue weighted by molar-refractivity contribution is 5.94. The molecule has 0 bridgehead atoms. The van der Waals surface area contributed by atoms with Crippen molar-refractivity contribution in [1.82, 2.24) is 4.90 Å². The number of unbranched alkanes of at least 4 members (excludes halogenated alkanes) is 22. The molecule has 54 heavy (non-hydrogen) atoms. The van der Waals surface area contributed by atoms with E-state index in [0.29, 0.717) is 30.5 Å². The number of carbonyl (C=O) groups excluding carboxylic acids is 2. The van der Waals surface area contributed by atoms with Crippen LogP contribution in [0.1, 0.15) is 187 Å². The van der Waals surface area contributed by atoms with E-state index in [1.54, 1.807) is 0 Å². The van der Waals surface area contributed by atoms with E-state index in [0.717, 1.165) is 31.5 Å². The largest absolute Gasteiger partial charge is 1.00 e. The lowest BCUT2D eigenvalue weighted by atomic mass is 10.1. The van der Waals surface area contributed by atoms with E-state index < -0.39 is 0 Å². The number of benzene rings is 1. The molecule has 0 aliphatic heterocycles. The summed E-state index contributed by atoms with van der Waals surface area (Å²) in [5.74, 6) is 1.19. The molecular weight excluding hydrogens is 787 g/mol. The lowest BCUT2D eigenvalue weighted by Crippen LogP contribution is -3.00. The molecule has 0 fully saturated rings. The Morgan fingerprint density at radius 1 is 0.574 bits per heavy atom. The number of nitrogens with zero attached hydrogens (tertiary/aromatic N) is 2. The zero-order chi connectivity index (χ0) is 38.2. The van der Waals surface area contributed by atoms with Gasteiger partial charge in [0.25, 0.3) is 5.91 Å². The van der Waals surface area contributed by atoms with E-state index in [2.05, 4.69) is 13.8 Å². The van der Waals surface area contributed by atoms with Crippen LogP contribution < -0.4 is 42.8 Å². The number of halogens is 1. The van der Waals surface area contributed by atoms with E-state index in [4.69, 9.17) is 14.2 Å². The molecule has 2 amide bonds. The fourth-order valence-corrected chi connectivity index (χ4v) is 6.78. The molecule has 1 aromatic carbocycles. The minimum atomic E-state index is -0.379. The molecule has 2 aromatic rings. The summed E-state index contributed by atoms with van der Waals surface area (Å²) < 4.78 is 20.5. The standard InChI is InChI=1S/C46H77N2O5.HI/c1-5-8-10-12-14-16-18-20-22-24-26-30-36-51-44-34-33-43(38-45(44)52-37-31-27-25-23-21-19-17-15-13-11-9-6-2)53-40-46(50)48(41(4)49)39-42-32-28-29-35-47(42)7-3;/h28-29,32-35,38H,5-27,30-31,36-37,39-40H2,1-4H3;1H/q+1;/p-1. The second-order valence-corrected chi connectivity index (χ2v) is 14.8. The maximum Gasteiger partial charge on any atom is 0.267 e. The highest BCUT2D eigenvalue weighted by Gasteiger charge is 2.23. The Bertz CT molecular complexity index is 1230. The predicted molar refractivity (Wildman–Crippen MR) is 219 cm³/mol. The third-order valence-electron chi connectivity index (χ3n) is 10.2. The lowest BCUT2D eigenvalue weighted by molar-refractivity contribution is -0.701. The third-order valence-corrected chi connectivity index (χ3v) is 10.2. The summed E-state index contributed by atoms with van der Waals surface area (Å²) in [5, 5.41) is 0. The van der Waals surface area contributed by atoms with Crippen molar-refractivity contribution in [2.24, 2.45) is 0 Å². The maximum absolute atomic E-state index is 13.2. The van der Waals surface area contributed by atoms with Crippen molar-refractivity contribution in [3.8, 4) is 17.2 Å². The Morgan fingerprint density at radius 2 is 1.04 bits per heavy atom. The Hall–Kier alpha value is -2.36. The summed E-state index contributed by atoms with van der Waals surface area (Å²) in [4.78, 5) is 26.9. The molecule has 1 aromatic heterocycles.